The number of fused-ring (bicyclic) bond motifs is 1. The fourth-order valence-corrected chi connectivity index (χ4v) is 6.22. The highest BCUT2D eigenvalue weighted by atomic mass is 16.6. The Labute approximate surface area is 370 Å². The van der Waals surface area contributed by atoms with Gasteiger partial charge in [0.1, 0.15) is 34.3 Å². The van der Waals surface area contributed by atoms with Crippen LogP contribution in [0.2, 0.25) is 0 Å². The molecule has 0 bridgehead atoms. The molecule has 4 amide bonds. The maximum atomic E-state index is 13.3. The minimum absolute atomic E-state index is 0.0258. The summed E-state index contributed by atoms with van der Waals surface area (Å²) in [4.78, 5) is 73.0. The van der Waals surface area contributed by atoms with Crippen LogP contribution in [0.25, 0.3) is 22.7 Å². The monoisotopic (exact) mass is 884 g/mol. The topological polar surface area (TPSA) is 247 Å². The average Bonchev–Trinajstić information content (AvgIpc) is 3.68. The van der Waals surface area contributed by atoms with E-state index in [4.69, 9.17) is 23.4 Å². The van der Waals surface area contributed by atoms with E-state index in [1.165, 1.54) is 30.1 Å². The zero-order valence-electron chi connectivity index (χ0n) is 36.8. The molecule has 342 valence electrons. The number of pyridine rings is 1. The SMILES string of the molecule is COc1ccc(C(=O)Nc2ccc3oc(-c4ccc(=O)n(CCOCCOCCNC(=O)[C@H](CC(C)C)NC(=O)[C@@H](O)[C@@H](Cc5ccccc5)NC(=O)OC(C)(C)C)n4)nc3c2)nc1. The Kier molecular flexibility index (Phi) is 17.5. The number of hydrogen-bond donors (Lipinski definition) is 5. The largest absolute Gasteiger partial charge is 0.495 e. The number of alkyl carbamates (subject to hydrolysis) is 1. The summed E-state index contributed by atoms with van der Waals surface area (Å²) in [6.07, 6.45) is -0.589. The summed E-state index contributed by atoms with van der Waals surface area (Å²) in [5, 5.41) is 26.3. The number of hydrogen-bond acceptors (Lipinski definition) is 14. The number of anilines is 1. The minimum Gasteiger partial charge on any atom is -0.495 e. The molecule has 5 aromatic rings. The summed E-state index contributed by atoms with van der Waals surface area (Å²) in [6, 6.07) is 18.1. The van der Waals surface area contributed by atoms with Crippen LogP contribution in [0.3, 0.4) is 0 Å². The molecule has 0 spiro atoms. The van der Waals surface area contributed by atoms with E-state index in [1.807, 2.05) is 44.2 Å². The number of carbonyl (C=O) groups is 4. The third-order valence-electron chi connectivity index (χ3n) is 9.29. The molecule has 5 N–H and O–H groups in total. The lowest BCUT2D eigenvalue weighted by Crippen LogP contribution is -2.56. The van der Waals surface area contributed by atoms with E-state index in [0.29, 0.717) is 34.7 Å². The molecule has 0 unspecified atom stereocenters. The molecule has 0 fully saturated rings. The van der Waals surface area contributed by atoms with Gasteiger partial charge in [-0.1, -0.05) is 44.2 Å². The Morgan fingerprint density at radius 1 is 0.891 bits per heavy atom. The Hall–Kier alpha value is -6.70. The van der Waals surface area contributed by atoms with Crippen molar-refractivity contribution in [3.8, 4) is 17.3 Å². The van der Waals surface area contributed by atoms with Gasteiger partial charge in [-0.05, 0) is 81.5 Å². The van der Waals surface area contributed by atoms with Gasteiger partial charge >= 0.3 is 6.09 Å². The van der Waals surface area contributed by atoms with E-state index in [1.54, 1.807) is 51.1 Å². The van der Waals surface area contributed by atoms with Crippen molar-refractivity contribution < 1.29 is 47.6 Å². The second kappa shape index (κ2) is 23.1. The molecule has 0 radical (unpaired) electrons. The average molecular weight is 885 g/mol. The lowest BCUT2D eigenvalue weighted by atomic mass is 9.99. The molecular formula is C45H56N8O11. The van der Waals surface area contributed by atoms with Crippen molar-refractivity contribution in [2.45, 2.75) is 77.8 Å². The fourth-order valence-electron chi connectivity index (χ4n) is 6.22. The van der Waals surface area contributed by atoms with Crippen molar-refractivity contribution in [3.63, 3.8) is 0 Å². The van der Waals surface area contributed by atoms with Crippen LogP contribution in [0.5, 0.6) is 5.75 Å². The molecule has 19 heteroatoms. The maximum absolute atomic E-state index is 13.3. The third-order valence-corrected chi connectivity index (χ3v) is 9.29. The normalized spacial score (nSPS) is 12.9. The van der Waals surface area contributed by atoms with Crippen LogP contribution in [0, 0.1) is 5.92 Å². The number of amides is 4. The van der Waals surface area contributed by atoms with Crippen molar-refractivity contribution in [1.29, 1.82) is 0 Å². The van der Waals surface area contributed by atoms with Crippen molar-refractivity contribution in [1.82, 2.24) is 35.7 Å². The van der Waals surface area contributed by atoms with Gasteiger partial charge in [0.05, 0.1) is 52.3 Å². The number of aliphatic hydroxyl groups excluding tert-OH is 1. The first-order valence-corrected chi connectivity index (χ1v) is 20.8. The van der Waals surface area contributed by atoms with E-state index in [9.17, 15) is 29.1 Å². The zero-order chi connectivity index (χ0) is 46.2. The molecular weight excluding hydrogens is 829 g/mol. The Morgan fingerprint density at radius 2 is 1.64 bits per heavy atom. The van der Waals surface area contributed by atoms with Crippen LogP contribution < -0.4 is 31.6 Å². The number of aromatic nitrogens is 4. The molecule has 0 aliphatic heterocycles. The number of methoxy groups -OCH3 is 1. The van der Waals surface area contributed by atoms with E-state index in [0.717, 1.165) is 5.56 Å². The molecule has 0 aliphatic carbocycles. The number of nitrogens with one attached hydrogen (secondary N) is 4. The van der Waals surface area contributed by atoms with Gasteiger partial charge in [-0.15, -0.1) is 0 Å². The predicted octanol–water partition coefficient (Wildman–Crippen LogP) is 3.88. The van der Waals surface area contributed by atoms with Gasteiger partial charge in [0.15, 0.2) is 11.7 Å². The van der Waals surface area contributed by atoms with Crippen LogP contribution in [-0.2, 0) is 36.8 Å². The first kappa shape index (κ1) is 48.3. The Bertz CT molecular complexity index is 2380. The van der Waals surface area contributed by atoms with Crippen molar-refractivity contribution in [3.05, 3.63) is 101 Å². The first-order chi connectivity index (χ1) is 30.6. The molecule has 3 atom stereocenters. The van der Waals surface area contributed by atoms with Gasteiger partial charge in [0.25, 0.3) is 17.4 Å². The summed E-state index contributed by atoms with van der Waals surface area (Å²) < 4.78 is 28.8. The fraction of sp³-hybridized carbons (Fsp3) is 0.422. The summed E-state index contributed by atoms with van der Waals surface area (Å²) in [6.45, 7) is 9.91. The highest BCUT2D eigenvalue weighted by Crippen LogP contribution is 2.25. The van der Waals surface area contributed by atoms with Gasteiger partial charge in [0.2, 0.25) is 11.8 Å². The maximum Gasteiger partial charge on any atom is 0.407 e. The number of benzene rings is 2. The molecule has 64 heavy (non-hydrogen) atoms. The first-order valence-electron chi connectivity index (χ1n) is 20.8. The second-order valence-corrected chi connectivity index (χ2v) is 16.1. The lowest BCUT2D eigenvalue weighted by molar-refractivity contribution is -0.135. The molecule has 3 aromatic heterocycles. The Balaban J connectivity index is 1.04. The zero-order valence-corrected chi connectivity index (χ0v) is 36.8. The van der Waals surface area contributed by atoms with Gasteiger partial charge in [-0.3, -0.25) is 19.2 Å². The van der Waals surface area contributed by atoms with Crippen LogP contribution in [0.4, 0.5) is 10.5 Å². The summed E-state index contributed by atoms with van der Waals surface area (Å²) in [5.41, 5.74) is 1.56. The lowest BCUT2D eigenvalue weighted by Gasteiger charge is -2.28. The molecule has 3 heterocycles. The van der Waals surface area contributed by atoms with E-state index < -0.39 is 47.6 Å². The number of nitrogens with zero attached hydrogens (tertiary/aromatic N) is 4. The standard InChI is InChI=1S/C45H56N8O11/c1-28(2)24-36(49-42(58)39(55)35(25-29-10-8-7-9-11-29)51-44(59)64-45(3,4)5)40(56)46-18-20-61-22-23-62-21-19-53-38(54)17-15-33(52-53)43-50-34-26-30(12-16-37(34)63-43)48-41(57)32-14-13-31(60-6)27-47-32/h7-17,26-28,35-36,39,55H,18-25H2,1-6H3,(H,46,56)(H,48,57)(H,49,58)(H,51,59)/t35-,36+,39+/m1/s1. The highest BCUT2D eigenvalue weighted by molar-refractivity contribution is 6.03. The molecule has 0 aliphatic rings. The number of ether oxygens (including phenoxy) is 4. The minimum atomic E-state index is -1.69. The van der Waals surface area contributed by atoms with E-state index in [2.05, 4.69) is 36.3 Å². The van der Waals surface area contributed by atoms with E-state index >= 15 is 0 Å². The number of oxazole rings is 1. The molecule has 2 aromatic carbocycles. The summed E-state index contributed by atoms with van der Waals surface area (Å²) in [7, 11) is 1.51. The van der Waals surface area contributed by atoms with Crippen LogP contribution in [0.1, 0.15) is 57.1 Å². The number of aliphatic hydroxyl groups is 1. The van der Waals surface area contributed by atoms with Gasteiger partial charge < -0.3 is 49.7 Å². The van der Waals surface area contributed by atoms with Gasteiger partial charge in [-0.2, -0.15) is 5.10 Å². The van der Waals surface area contributed by atoms with Crippen molar-refractivity contribution in [2.75, 3.05) is 45.4 Å². The summed E-state index contributed by atoms with van der Waals surface area (Å²) in [5.74, 6) is -0.942. The highest BCUT2D eigenvalue weighted by Gasteiger charge is 2.32. The van der Waals surface area contributed by atoms with Crippen molar-refractivity contribution >= 4 is 40.6 Å². The van der Waals surface area contributed by atoms with Crippen molar-refractivity contribution in [2.24, 2.45) is 5.92 Å². The van der Waals surface area contributed by atoms with Crippen LogP contribution >= 0.6 is 0 Å². The van der Waals surface area contributed by atoms with E-state index in [-0.39, 0.29) is 69.0 Å². The molecule has 0 saturated heterocycles. The molecule has 19 nitrogen and oxygen atoms in total. The third kappa shape index (κ3) is 15.0. The smallest absolute Gasteiger partial charge is 0.407 e. The quantitative estimate of drug-likeness (QED) is 0.0620. The van der Waals surface area contributed by atoms with Gasteiger partial charge in [-0.25, -0.2) is 19.4 Å². The number of carbonyl (C=O) groups excluding carboxylic acids is 4. The second-order valence-electron chi connectivity index (χ2n) is 16.1. The number of rotatable bonds is 22. The summed E-state index contributed by atoms with van der Waals surface area (Å²) >= 11 is 0. The predicted molar refractivity (Wildman–Crippen MR) is 236 cm³/mol. The molecule has 0 saturated carbocycles. The van der Waals surface area contributed by atoms with Gasteiger partial charge in [0, 0.05) is 18.3 Å². The van der Waals surface area contributed by atoms with Crippen LogP contribution in [0.15, 0.2) is 88.2 Å². The van der Waals surface area contributed by atoms with Crippen LogP contribution in [-0.4, -0.2) is 113 Å². The molecule has 5 rings (SSSR count). The Morgan fingerprint density at radius 3 is 2.33 bits per heavy atom.